The molecule has 1 aliphatic rings. The van der Waals surface area contributed by atoms with Crippen LogP contribution >= 0.6 is 0 Å². The lowest BCUT2D eigenvalue weighted by Gasteiger charge is -2.46. The molecule has 17 heavy (non-hydrogen) atoms. The van der Waals surface area contributed by atoms with E-state index >= 15 is 0 Å². The summed E-state index contributed by atoms with van der Waals surface area (Å²) in [7, 11) is 0. The SMILES string of the molecule is CCOCC(NN)C(CC)(CC)N1CCCC1. The molecule has 1 unspecified atom stereocenters. The van der Waals surface area contributed by atoms with E-state index in [1.54, 1.807) is 0 Å². The Morgan fingerprint density at radius 2 is 1.82 bits per heavy atom. The van der Waals surface area contributed by atoms with E-state index in [1.165, 1.54) is 25.9 Å². The van der Waals surface area contributed by atoms with E-state index in [9.17, 15) is 0 Å². The van der Waals surface area contributed by atoms with Crippen molar-refractivity contribution in [3.8, 4) is 0 Å². The molecule has 1 aliphatic heterocycles. The van der Waals surface area contributed by atoms with Crippen LogP contribution < -0.4 is 11.3 Å². The maximum Gasteiger partial charge on any atom is 0.0651 e. The Labute approximate surface area is 106 Å². The van der Waals surface area contributed by atoms with Crippen molar-refractivity contribution in [2.24, 2.45) is 5.84 Å². The van der Waals surface area contributed by atoms with Gasteiger partial charge in [0, 0.05) is 12.1 Å². The summed E-state index contributed by atoms with van der Waals surface area (Å²) in [5.41, 5.74) is 3.14. The molecule has 0 spiro atoms. The Morgan fingerprint density at radius 1 is 1.24 bits per heavy atom. The summed E-state index contributed by atoms with van der Waals surface area (Å²) < 4.78 is 5.59. The summed E-state index contributed by atoms with van der Waals surface area (Å²) in [5.74, 6) is 5.76. The van der Waals surface area contributed by atoms with Crippen LogP contribution in [0.25, 0.3) is 0 Å². The van der Waals surface area contributed by atoms with Crippen molar-refractivity contribution in [2.75, 3.05) is 26.3 Å². The van der Waals surface area contributed by atoms with Crippen LogP contribution in [0.5, 0.6) is 0 Å². The van der Waals surface area contributed by atoms with Crippen LogP contribution in [0.2, 0.25) is 0 Å². The molecule has 1 fully saturated rings. The number of nitrogens with one attached hydrogen (secondary N) is 1. The van der Waals surface area contributed by atoms with E-state index in [-0.39, 0.29) is 11.6 Å². The van der Waals surface area contributed by atoms with Gasteiger partial charge in [0.15, 0.2) is 0 Å². The molecule has 0 aromatic rings. The second kappa shape index (κ2) is 7.31. The van der Waals surface area contributed by atoms with E-state index in [4.69, 9.17) is 10.6 Å². The molecule has 1 atom stereocenters. The number of likely N-dealkylation sites (tertiary alicyclic amines) is 1. The van der Waals surface area contributed by atoms with Crippen molar-refractivity contribution in [1.82, 2.24) is 10.3 Å². The fraction of sp³-hybridized carbons (Fsp3) is 1.00. The molecule has 0 aliphatic carbocycles. The molecular weight excluding hydrogens is 214 g/mol. The van der Waals surface area contributed by atoms with Gasteiger partial charge in [-0.25, -0.2) is 0 Å². The van der Waals surface area contributed by atoms with Gasteiger partial charge in [-0.3, -0.25) is 16.2 Å². The Bertz CT molecular complexity index is 201. The summed E-state index contributed by atoms with van der Waals surface area (Å²) in [5, 5.41) is 0. The third-order valence-corrected chi connectivity index (χ3v) is 4.30. The number of rotatable bonds is 8. The molecule has 0 radical (unpaired) electrons. The van der Waals surface area contributed by atoms with Gasteiger partial charge in [-0.15, -0.1) is 0 Å². The molecule has 102 valence electrons. The number of hydrogen-bond acceptors (Lipinski definition) is 4. The molecule has 0 amide bonds. The van der Waals surface area contributed by atoms with Gasteiger partial charge in [0.1, 0.15) is 0 Å². The normalized spacial score (nSPS) is 19.8. The summed E-state index contributed by atoms with van der Waals surface area (Å²) >= 11 is 0. The lowest BCUT2D eigenvalue weighted by atomic mass is 9.83. The third kappa shape index (κ3) is 3.19. The largest absolute Gasteiger partial charge is 0.380 e. The molecule has 0 aromatic carbocycles. The zero-order valence-electron chi connectivity index (χ0n) is 11.7. The summed E-state index contributed by atoms with van der Waals surface area (Å²) in [6, 6.07) is 0.218. The van der Waals surface area contributed by atoms with E-state index < -0.39 is 0 Å². The van der Waals surface area contributed by atoms with Crippen molar-refractivity contribution in [3.05, 3.63) is 0 Å². The van der Waals surface area contributed by atoms with Crippen molar-refractivity contribution in [3.63, 3.8) is 0 Å². The Balaban J connectivity index is 2.78. The van der Waals surface area contributed by atoms with E-state index in [1.807, 2.05) is 6.92 Å². The second-order valence-electron chi connectivity index (χ2n) is 4.88. The lowest BCUT2D eigenvalue weighted by Crippen LogP contribution is -2.63. The summed E-state index contributed by atoms with van der Waals surface area (Å²) in [6.07, 6.45) is 4.86. The number of hydrogen-bond donors (Lipinski definition) is 2. The van der Waals surface area contributed by atoms with Gasteiger partial charge in [0.25, 0.3) is 0 Å². The molecule has 1 rings (SSSR count). The quantitative estimate of drug-likeness (QED) is 0.501. The van der Waals surface area contributed by atoms with Crippen molar-refractivity contribution in [1.29, 1.82) is 0 Å². The minimum atomic E-state index is 0.153. The first-order valence-corrected chi connectivity index (χ1v) is 7.04. The summed E-state index contributed by atoms with van der Waals surface area (Å²) in [4.78, 5) is 2.61. The zero-order chi connectivity index (χ0) is 12.7. The molecule has 4 heteroatoms. The highest BCUT2D eigenvalue weighted by atomic mass is 16.5. The van der Waals surface area contributed by atoms with Crippen molar-refractivity contribution >= 4 is 0 Å². The predicted octanol–water partition coefficient (Wildman–Crippen LogP) is 1.51. The first-order valence-electron chi connectivity index (χ1n) is 7.04. The van der Waals surface area contributed by atoms with Crippen LogP contribution in [0.3, 0.4) is 0 Å². The molecular formula is C13H29N3O. The maximum absolute atomic E-state index is 5.76. The first-order chi connectivity index (χ1) is 8.25. The van der Waals surface area contributed by atoms with Gasteiger partial charge in [-0.1, -0.05) is 13.8 Å². The van der Waals surface area contributed by atoms with Gasteiger partial charge in [0.05, 0.1) is 12.6 Å². The molecule has 0 aromatic heterocycles. The molecule has 1 saturated heterocycles. The second-order valence-corrected chi connectivity index (χ2v) is 4.88. The third-order valence-electron chi connectivity index (χ3n) is 4.30. The Kier molecular flexibility index (Phi) is 6.41. The van der Waals surface area contributed by atoms with Gasteiger partial charge in [-0.2, -0.15) is 0 Å². The lowest BCUT2D eigenvalue weighted by molar-refractivity contribution is 0.0139. The smallest absolute Gasteiger partial charge is 0.0651 e. The van der Waals surface area contributed by atoms with Crippen molar-refractivity contribution in [2.45, 2.75) is 58.0 Å². The highest BCUT2D eigenvalue weighted by Crippen LogP contribution is 2.31. The molecule has 0 saturated carbocycles. The van der Waals surface area contributed by atoms with Crippen molar-refractivity contribution < 1.29 is 4.74 Å². The minimum absolute atomic E-state index is 0.153. The van der Waals surface area contributed by atoms with E-state index in [2.05, 4.69) is 24.2 Å². The zero-order valence-corrected chi connectivity index (χ0v) is 11.7. The van der Waals surface area contributed by atoms with Crippen LogP contribution in [0.4, 0.5) is 0 Å². The molecule has 1 heterocycles. The van der Waals surface area contributed by atoms with E-state index in [0.29, 0.717) is 6.61 Å². The number of ether oxygens (including phenoxy) is 1. The number of hydrazine groups is 1. The maximum atomic E-state index is 5.76. The van der Waals surface area contributed by atoms with Gasteiger partial charge < -0.3 is 4.74 Å². The topological polar surface area (TPSA) is 50.5 Å². The number of nitrogens with two attached hydrogens (primary N) is 1. The van der Waals surface area contributed by atoms with Gasteiger partial charge in [-0.05, 0) is 45.7 Å². The van der Waals surface area contributed by atoms with Gasteiger partial charge >= 0.3 is 0 Å². The number of nitrogens with zero attached hydrogens (tertiary/aromatic N) is 1. The Hall–Kier alpha value is -0.160. The highest BCUT2D eigenvalue weighted by Gasteiger charge is 2.41. The van der Waals surface area contributed by atoms with E-state index in [0.717, 1.165) is 19.4 Å². The first kappa shape index (κ1) is 14.9. The average molecular weight is 243 g/mol. The average Bonchev–Trinajstić information content (AvgIpc) is 2.89. The van der Waals surface area contributed by atoms with Crippen LogP contribution in [0, 0.1) is 0 Å². The predicted molar refractivity (Wildman–Crippen MR) is 71.7 cm³/mol. The fourth-order valence-electron chi connectivity index (χ4n) is 3.17. The standard InChI is InChI=1S/C13H29N3O/c1-4-13(5-2,16-9-7-8-10-16)12(15-14)11-17-6-3/h12,15H,4-11,14H2,1-3H3. The molecule has 4 nitrogen and oxygen atoms in total. The monoisotopic (exact) mass is 243 g/mol. The molecule has 3 N–H and O–H groups in total. The highest BCUT2D eigenvalue weighted by molar-refractivity contribution is 4.99. The van der Waals surface area contributed by atoms with Crippen LogP contribution in [-0.2, 0) is 4.74 Å². The van der Waals surface area contributed by atoms with Crippen LogP contribution in [0.1, 0.15) is 46.5 Å². The van der Waals surface area contributed by atoms with Crippen LogP contribution in [-0.4, -0.2) is 42.8 Å². The summed E-state index contributed by atoms with van der Waals surface area (Å²) in [6.45, 7) is 10.4. The van der Waals surface area contributed by atoms with Crippen LogP contribution in [0.15, 0.2) is 0 Å². The molecule has 0 bridgehead atoms. The minimum Gasteiger partial charge on any atom is -0.380 e. The Morgan fingerprint density at radius 3 is 2.24 bits per heavy atom. The fourth-order valence-corrected chi connectivity index (χ4v) is 3.17. The van der Waals surface area contributed by atoms with Gasteiger partial charge in [0.2, 0.25) is 0 Å².